The molecule has 0 bridgehead atoms. The topological polar surface area (TPSA) is 12.0 Å². The van der Waals surface area contributed by atoms with Gasteiger partial charge in [-0.1, -0.05) is 39.5 Å². The molecule has 3 unspecified atom stereocenters. The summed E-state index contributed by atoms with van der Waals surface area (Å²) in [6, 6.07) is 0. The number of nitrogens with one attached hydrogen (secondary N) is 1. The molecule has 2 aliphatic carbocycles. The average molecular weight is 280 g/mol. The third-order valence-electron chi connectivity index (χ3n) is 5.72. The summed E-state index contributed by atoms with van der Waals surface area (Å²) in [5, 5.41) is 3.83. The van der Waals surface area contributed by atoms with Crippen molar-refractivity contribution in [2.24, 2.45) is 23.2 Å². The molecule has 0 aliphatic heterocycles. The first-order chi connectivity index (χ1) is 9.37. The van der Waals surface area contributed by atoms with Crippen LogP contribution in [0.3, 0.4) is 0 Å². The zero-order valence-corrected chi connectivity index (χ0v) is 14.6. The van der Waals surface area contributed by atoms with Crippen molar-refractivity contribution in [1.29, 1.82) is 0 Å². The Morgan fingerprint density at radius 3 is 2.30 bits per heavy atom. The van der Waals surface area contributed by atoms with Crippen molar-refractivity contribution < 1.29 is 0 Å². The van der Waals surface area contributed by atoms with Crippen LogP contribution in [0, 0.1) is 23.2 Å². The molecule has 2 rings (SSSR count). The Labute approximate surface area is 127 Å². The molecule has 0 radical (unpaired) electrons. The highest BCUT2D eigenvalue weighted by Gasteiger charge is 2.53. The molecule has 2 aliphatic rings. The number of rotatable bonds is 8. The van der Waals surface area contributed by atoms with Gasteiger partial charge in [0, 0.05) is 12.1 Å². The van der Waals surface area contributed by atoms with Crippen LogP contribution in [0.1, 0.15) is 86.0 Å². The van der Waals surface area contributed by atoms with Crippen molar-refractivity contribution in [1.82, 2.24) is 5.32 Å². The number of unbranched alkanes of at least 4 members (excludes halogenated alkanes) is 1. The van der Waals surface area contributed by atoms with Crippen molar-refractivity contribution in [2.45, 2.75) is 91.5 Å². The van der Waals surface area contributed by atoms with Gasteiger partial charge in [-0.15, -0.1) is 0 Å². The molecular formula is C19H37N. The maximum atomic E-state index is 3.83. The molecule has 118 valence electrons. The van der Waals surface area contributed by atoms with Crippen LogP contribution >= 0.6 is 0 Å². The van der Waals surface area contributed by atoms with E-state index in [1.165, 1.54) is 51.5 Å². The first kappa shape index (κ1) is 16.3. The second kappa shape index (κ2) is 6.38. The highest BCUT2D eigenvalue weighted by Crippen LogP contribution is 2.61. The van der Waals surface area contributed by atoms with E-state index in [2.05, 4.69) is 39.9 Å². The summed E-state index contributed by atoms with van der Waals surface area (Å²) < 4.78 is 0. The summed E-state index contributed by atoms with van der Waals surface area (Å²) >= 11 is 0. The monoisotopic (exact) mass is 279 g/mol. The third-order valence-corrected chi connectivity index (χ3v) is 5.72. The van der Waals surface area contributed by atoms with Gasteiger partial charge in [0.2, 0.25) is 0 Å². The number of fused-ring (bicyclic) bond motifs is 1. The highest BCUT2D eigenvalue weighted by atomic mass is 15.0. The third kappa shape index (κ3) is 4.48. The quantitative estimate of drug-likeness (QED) is 0.627. The molecule has 3 atom stereocenters. The van der Waals surface area contributed by atoms with Gasteiger partial charge < -0.3 is 5.32 Å². The molecule has 1 N–H and O–H groups in total. The molecule has 2 fully saturated rings. The molecule has 0 aromatic rings. The van der Waals surface area contributed by atoms with Crippen LogP contribution in [0.15, 0.2) is 0 Å². The Balaban J connectivity index is 1.92. The Kier molecular flexibility index (Phi) is 5.21. The first-order valence-electron chi connectivity index (χ1n) is 9.12. The minimum absolute atomic E-state index is 0.269. The van der Waals surface area contributed by atoms with Gasteiger partial charge in [0.1, 0.15) is 0 Å². The van der Waals surface area contributed by atoms with E-state index in [0.29, 0.717) is 5.41 Å². The Bertz CT molecular complexity index is 291. The summed E-state index contributed by atoms with van der Waals surface area (Å²) in [6.45, 7) is 12.9. The Hall–Kier alpha value is -0.0400. The average Bonchev–Trinajstić information content (AvgIpc) is 3.00. The molecule has 1 nitrogen and oxygen atoms in total. The maximum Gasteiger partial charge on any atom is 0.00967 e. The number of hydrogen-bond donors (Lipinski definition) is 1. The minimum Gasteiger partial charge on any atom is -0.312 e. The lowest BCUT2D eigenvalue weighted by Crippen LogP contribution is -2.44. The zero-order valence-electron chi connectivity index (χ0n) is 14.6. The van der Waals surface area contributed by atoms with Crippen LogP contribution in [-0.4, -0.2) is 12.1 Å². The molecule has 0 heterocycles. The van der Waals surface area contributed by atoms with Crippen molar-refractivity contribution in [3.63, 3.8) is 0 Å². The molecule has 0 spiro atoms. The lowest BCUT2D eigenvalue weighted by atomic mass is 9.73. The summed E-state index contributed by atoms with van der Waals surface area (Å²) in [5.74, 6) is 3.16. The van der Waals surface area contributed by atoms with Crippen molar-refractivity contribution in [3.05, 3.63) is 0 Å². The predicted molar refractivity (Wildman–Crippen MR) is 88.9 cm³/mol. The van der Waals surface area contributed by atoms with Gasteiger partial charge in [-0.25, -0.2) is 0 Å². The van der Waals surface area contributed by atoms with Gasteiger partial charge >= 0.3 is 0 Å². The zero-order chi connectivity index (χ0) is 14.8. The normalized spacial score (nSPS) is 34.0. The maximum absolute atomic E-state index is 3.83. The Morgan fingerprint density at radius 2 is 1.80 bits per heavy atom. The Morgan fingerprint density at radius 1 is 1.15 bits per heavy atom. The predicted octanol–water partition coefficient (Wildman–Crippen LogP) is 5.40. The highest BCUT2D eigenvalue weighted by molar-refractivity contribution is 5.05. The summed E-state index contributed by atoms with van der Waals surface area (Å²) in [4.78, 5) is 0. The molecule has 0 saturated heterocycles. The number of hydrogen-bond acceptors (Lipinski definition) is 1. The lowest BCUT2D eigenvalue weighted by Gasteiger charge is -2.37. The summed E-state index contributed by atoms with van der Waals surface area (Å²) in [7, 11) is 0. The van der Waals surface area contributed by atoms with Gasteiger partial charge in [-0.2, -0.15) is 0 Å². The minimum atomic E-state index is 0.269. The summed E-state index contributed by atoms with van der Waals surface area (Å²) in [6.07, 6.45) is 11.7. The van der Waals surface area contributed by atoms with Crippen molar-refractivity contribution >= 4 is 0 Å². The van der Waals surface area contributed by atoms with Gasteiger partial charge in [-0.3, -0.25) is 0 Å². The smallest absolute Gasteiger partial charge is 0.00967 e. The van der Waals surface area contributed by atoms with E-state index in [0.717, 1.165) is 17.8 Å². The SMILES string of the molecule is CCCCC(CC)CC1(CNC(C)(C)C)CC2CC2C1. The van der Waals surface area contributed by atoms with Crippen LogP contribution in [0.5, 0.6) is 0 Å². The van der Waals surface area contributed by atoms with Gasteiger partial charge in [0.15, 0.2) is 0 Å². The molecule has 2 saturated carbocycles. The molecule has 1 heteroatoms. The fourth-order valence-corrected chi connectivity index (χ4v) is 4.40. The van der Waals surface area contributed by atoms with E-state index in [-0.39, 0.29) is 5.54 Å². The van der Waals surface area contributed by atoms with E-state index < -0.39 is 0 Å². The lowest BCUT2D eigenvalue weighted by molar-refractivity contribution is 0.165. The van der Waals surface area contributed by atoms with Crippen molar-refractivity contribution in [2.75, 3.05) is 6.54 Å². The fourth-order valence-electron chi connectivity index (χ4n) is 4.40. The van der Waals surface area contributed by atoms with Gasteiger partial charge in [0.25, 0.3) is 0 Å². The van der Waals surface area contributed by atoms with Crippen molar-refractivity contribution in [3.8, 4) is 0 Å². The standard InChI is InChI=1S/C19H37N/c1-6-8-9-15(7-2)11-19(14-20-18(3,4)5)12-16-10-17(16)13-19/h15-17,20H,6-14H2,1-5H3. The van der Waals surface area contributed by atoms with E-state index in [1.54, 1.807) is 6.42 Å². The second-order valence-corrected chi connectivity index (χ2v) is 8.89. The van der Waals surface area contributed by atoms with Gasteiger partial charge in [0.05, 0.1) is 0 Å². The van der Waals surface area contributed by atoms with Gasteiger partial charge in [-0.05, 0) is 69.6 Å². The molecule has 20 heavy (non-hydrogen) atoms. The van der Waals surface area contributed by atoms with E-state index in [1.807, 2.05) is 0 Å². The molecular weight excluding hydrogens is 242 g/mol. The summed E-state index contributed by atoms with van der Waals surface area (Å²) in [5.41, 5.74) is 0.903. The molecule has 0 amide bonds. The largest absolute Gasteiger partial charge is 0.312 e. The van der Waals surface area contributed by atoms with E-state index in [9.17, 15) is 0 Å². The van der Waals surface area contributed by atoms with Crippen LogP contribution in [0.4, 0.5) is 0 Å². The van der Waals surface area contributed by atoms with Crippen LogP contribution in [0.2, 0.25) is 0 Å². The van der Waals surface area contributed by atoms with E-state index in [4.69, 9.17) is 0 Å². The first-order valence-corrected chi connectivity index (χ1v) is 9.12. The van der Waals surface area contributed by atoms with E-state index >= 15 is 0 Å². The molecule has 0 aromatic heterocycles. The van der Waals surface area contributed by atoms with Crippen LogP contribution in [-0.2, 0) is 0 Å². The van der Waals surface area contributed by atoms with Crippen LogP contribution < -0.4 is 5.32 Å². The molecule has 0 aromatic carbocycles. The van der Waals surface area contributed by atoms with Crippen LogP contribution in [0.25, 0.3) is 0 Å². The fraction of sp³-hybridized carbons (Fsp3) is 1.00. The second-order valence-electron chi connectivity index (χ2n) is 8.89.